The third kappa shape index (κ3) is 6.75. The van der Waals surface area contributed by atoms with Crippen LogP contribution in [-0.2, 0) is 27.5 Å². The highest BCUT2D eigenvalue weighted by Gasteiger charge is 2.24. The highest BCUT2D eigenvalue weighted by Crippen LogP contribution is 2.39. The number of carbonyl (C=O) groups is 4. The van der Waals surface area contributed by atoms with Crippen molar-refractivity contribution in [1.82, 2.24) is 29.6 Å². The molecule has 0 bridgehead atoms. The van der Waals surface area contributed by atoms with E-state index in [1.807, 2.05) is 25.1 Å². The van der Waals surface area contributed by atoms with Gasteiger partial charge in [0.05, 0.1) is 23.0 Å². The minimum Gasteiger partial charge on any atom is -0.454 e. The molecule has 0 fully saturated rings. The number of hydrogen-bond donors (Lipinski definition) is 2. The molecule has 4 aromatic rings. The van der Waals surface area contributed by atoms with Crippen molar-refractivity contribution in [3.63, 3.8) is 0 Å². The first kappa shape index (κ1) is 33.4. The predicted octanol–water partition coefficient (Wildman–Crippen LogP) is 1.74. The van der Waals surface area contributed by atoms with Gasteiger partial charge in [-0.05, 0) is 44.1 Å². The molecule has 6 rings (SSSR count). The van der Waals surface area contributed by atoms with Crippen LogP contribution < -0.4 is 25.1 Å². The number of benzene rings is 2. The average Bonchev–Trinajstić information content (AvgIpc) is 3.67. The highest BCUT2D eigenvalue weighted by atomic mass is 16.7. The lowest BCUT2D eigenvalue weighted by Gasteiger charge is -2.20. The van der Waals surface area contributed by atoms with Crippen LogP contribution in [0.1, 0.15) is 18.4 Å². The van der Waals surface area contributed by atoms with E-state index < -0.39 is 24.5 Å². The lowest BCUT2D eigenvalue weighted by atomic mass is 10.0. The van der Waals surface area contributed by atoms with Gasteiger partial charge in [-0.1, -0.05) is 0 Å². The van der Waals surface area contributed by atoms with Gasteiger partial charge < -0.3 is 39.0 Å². The van der Waals surface area contributed by atoms with E-state index in [4.69, 9.17) is 14.2 Å². The molecule has 15 heteroatoms. The Morgan fingerprint density at radius 1 is 0.939 bits per heavy atom. The van der Waals surface area contributed by atoms with Crippen LogP contribution in [0, 0.1) is 0 Å². The summed E-state index contributed by atoms with van der Waals surface area (Å²) in [6.45, 7) is 0.940. The number of rotatable bonds is 12. The van der Waals surface area contributed by atoms with Gasteiger partial charge in [0.2, 0.25) is 12.7 Å². The Hall–Kier alpha value is -5.54. The molecule has 0 spiro atoms. The Morgan fingerprint density at radius 3 is 2.39 bits per heavy atom. The van der Waals surface area contributed by atoms with Crippen LogP contribution in [0.4, 0.5) is 4.79 Å². The molecule has 256 valence electrons. The second kappa shape index (κ2) is 13.9. The molecule has 2 aromatic carbocycles. The molecule has 0 saturated carbocycles. The lowest BCUT2D eigenvalue weighted by molar-refractivity contribution is -0.137. The second-order valence-electron chi connectivity index (χ2n) is 12.1. The van der Waals surface area contributed by atoms with Gasteiger partial charge in [-0.3, -0.25) is 29.1 Å². The maximum absolute atomic E-state index is 14.2. The molecule has 0 atom stereocenters. The molecule has 2 aromatic heterocycles. The molecule has 2 N–H and O–H groups in total. The molecule has 49 heavy (non-hydrogen) atoms. The molecule has 0 saturated heterocycles. The van der Waals surface area contributed by atoms with Crippen LogP contribution in [0.5, 0.6) is 17.2 Å². The van der Waals surface area contributed by atoms with E-state index in [9.17, 15) is 29.1 Å². The fraction of sp³-hybridized carbons (Fsp3) is 0.353. The molecule has 2 aliphatic rings. The van der Waals surface area contributed by atoms with Crippen LogP contribution >= 0.6 is 0 Å². The third-order valence-electron chi connectivity index (χ3n) is 8.48. The van der Waals surface area contributed by atoms with Crippen molar-refractivity contribution >= 4 is 56.4 Å². The second-order valence-corrected chi connectivity index (χ2v) is 12.1. The number of aliphatic hydroxyl groups is 1. The van der Waals surface area contributed by atoms with E-state index in [0.717, 1.165) is 4.90 Å². The van der Waals surface area contributed by atoms with E-state index in [2.05, 4.69) is 10.3 Å². The molecule has 4 amide bonds. The molecule has 0 radical (unpaired) electrons. The molecule has 2 aliphatic heterocycles. The van der Waals surface area contributed by atoms with Gasteiger partial charge in [0.1, 0.15) is 5.75 Å². The molecule has 4 heterocycles. The molecular weight excluding hydrogens is 636 g/mol. The minimum absolute atomic E-state index is 0.0316. The number of imide groups is 1. The highest BCUT2D eigenvalue weighted by molar-refractivity contribution is 6.15. The fourth-order valence-corrected chi connectivity index (χ4v) is 5.82. The van der Waals surface area contributed by atoms with Crippen LogP contribution in [0.15, 0.2) is 47.4 Å². The van der Waals surface area contributed by atoms with Gasteiger partial charge in [-0.25, -0.2) is 4.79 Å². The van der Waals surface area contributed by atoms with Crippen molar-refractivity contribution in [2.75, 3.05) is 54.1 Å². The van der Waals surface area contributed by atoms with Gasteiger partial charge in [0.25, 0.3) is 17.4 Å². The first-order valence-electron chi connectivity index (χ1n) is 15.8. The number of amides is 4. The minimum atomic E-state index is -0.751. The van der Waals surface area contributed by atoms with Crippen molar-refractivity contribution in [3.8, 4) is 17.2 Å². The number of pyridine rings is 2. The van der Waals surface area contributed by atoms with E-state index in [0.29, 0.717) is 63.8 Å². The standard InChI is InChI=1S/C34H36N6O9/c1-37(2)11-12-40-32-23-15-27-28(48-19-47-27)16-25(23)36-17-24(32)21-13-20(18-41)26(14-22(21)33(40)45)49-34(46)38(3)10-8-35-29(42)5-4-9-39-30(43)6-7-31(39)44/h6-7,13-17,41H,4-5,8-12,18-19H2,1-3H3,(H,35,42). The predicted molar refractivity (Wildman–Crippen MR) is 178 cm³/mol. The molecular formula is C34H36N6O9. The summed E-state index contributed by atoms with van der Waals surface area (Å²) < 4.78 is 18.5. The summed E-state index contributed by atoms with van der Waals surface area (Å²) in [5, 5.41) is 15.2. The van der Waals surface area contributed by atoms with Gasteiger partial charge in [-0.2, -0.15) is 0 Å². The number of hydrogen-bond acceptors (Lipinski definition) is 11. The van der Waals surface area contributed by atoms with E-state index >= 15 is 0 Å². The van der Waals surface area contributed by atoms with Crippen molar-refractivity contribution < 1.29 is 38.5 Å². The number of fused-ring (bicyclic) bond motifs is 6. The number of ether oxygens (including phenoxy) is 3. The van der Waals surface area contributed by atoms with Crippen LogP contribution in [0.25, 0.3) is 32.6 Å². The first-order valence-corrected chi connectivity index (χ1v) is 15.8. The van der Waals surface area contributed by atoms with Crippen LogP contribution in [0.2, 0.25) is 0 Å². The molecule has 0 aliphatic carbocycles. The molecule has 0 unspecified atom stereocenters. The summed E-state index contributed by atoms with van der Waals surface area (Å²) in [7, 11) is 5.33. The average molecular weight is 673 g/mol. The van der Waals surface area contributed by atoms with Gasteiger partial charge in [0.15, 0.2) is 11.5 Å². The summed E-state index contributed by atoms with van der Waals surface area (Å²) >= 11 is 0. The number of likely N-dealkylation sites (N-methyl/N-ethyl adjacent to an activating group) is 2. The van der Waals surface area contributed by atoms with Gasteiger partial charge in [0, 0.05) is 86.9 Å². The maximum Gasteiger partial charge on any atom is 0.415 e. The SMILES string of the molecule is CN(C)CCn1c(=O)c2cc(OC(=O)N(C)CCNC(=O)CCCN3C(=O)C=CC3=O)c(CO)cc2c2cnc3cc4c(cc3c21)OCO4. The lowest BCUT2D eigenvalue weighted by Crippen LogP contribution is -2.38. The third-order valence-corrected chi connectivity index (χ3v) is 8.48. The topological polar surface area (TPSA) is 173 Å². The smallest absolute Gasteiger partial charge is 0.415 e. The van der Waals surface area contributed by atoms with Gasteiger partial charge >= 0.3 is 6.09 Å². The Kier molecular flexibility index (Phi) is 9.47. The van der Waals surface area contributed by atoms with Crippen molar-refractivity contribution in [1.29, 1.82) is 0 Å². The Bertz CT molecular complexity index is 2070. The zero-order valence-corrected chi connectivity index (χ0v) is 27.4. The Labute approximate surface area is 280 Å². The number of aliphatic hydroxyl groups excluding tert-OH is 1. The van der Waals surface area contributed by atoms with E-state index in [-0.39, 0.29) is 55.5 Å². The fourth-order valence-electron chi connectivity index (χ4n) is 5.82. The summed E-state index contributed by atoms with van der Waals surface area (Å²) in [5.74, 6) is 0.0715. The quantitative estimate of drug-likeness (QED) is 0.166. The van der Waals surface area contributed by atoms with E-state index in [1.54, 1.807) is 22.9 Å². The van der Waals surface area contributed by atoms with E-state index in [1.165, 1.54) is 30.2 Å². The summed E-state index contributed by atoms with van der Waals surface area (Å²) in [6.07, 6.45) is 3.72. The largest absolute Gasteiger partial charge is 0.454 e. The van der Waals surface area contributed by atoms with Gasteiger partial charge in [-0.15, -0.1) is 0 Å². The monoisotopic (exact) mass is 672 g/mol. The van der Waals surface area contributed by atoms with Crippen LogP contribution in [-0.4, -0.2) is 107 Å². The zero-order chi connectivity index (χ0) is 34.8. The number of aromatic nitrogens is 2. The van der Waals surface area contributed by atoms with Crippen LogP contribution in [0.3, 0.4) is 0 Å². The summed E-state index contributed by atoms with van der Waals surface area (Å²) in [4.78, 5) is 71.7. The summed E-state index contributed by atoms with van der Waals surface area (Å²) in [6, 6.07) is 6.71. The Morgan fingerprint density at radius 2 is 1.67 bits per heavy atom. The van der Waals surface area contributed by atoms with Crippen molar-refractivity contribution in [2.24, 2.45) is 0 Å². The normalized spacial score (nSPS) is 13.8. The number of nitrogens with one attached hydrogen (secondary N) is 1. The maximum atomic E-state index is 14.2. The zero-order valence-electron chi connectivity index (χ0n) is 27.4. The summed E-state index contributed by atoms with van der Waals surface area (Å²) in [5.41, 5.74) is 1.29. The Balaban J connectivity index is 1.21. The number of carbonyl (C=O) groups excluding carboxylic acids is 4. The van der Waals surface area contributed by atoms with Crippen molar-refractivity contribution in [3.05, 3.63) is 58.5 Å². The molecule has 15 nitrogen and oxygen atoms in total. The first-order chi connectivity index (χ1) is 23.5. The number of nitrogens with zero attached hydrogens (tertiary/aromatic N) is 5. The van der Waals surface area contributed by atoms with Crippen molar-refractivity contribution in [2.45, 2.75) is 26.0 Å².